The zero-order chi connectivity index (χ0) is 32.2. The van der Waals surface area contributed by atoms with Crippen LogP contribution in [0.5, 0.6) is 5.75 Å². The predicted octanol–water partition coefficient (Wildman–Crippen LogP) is 5.15. The van der Waals surface area contributed by atoms with Gasteiger partial charge in [-0.15, -0.1) is 0 Å². The van der Waals surface area contributed by atoms with Gasteiger partial charge in [0.15, 0.2) is 5.65 Å². The third-order valence-electron chi connectivity index (χ3n) is 6.32. The van der Waals surface area contributed by atoms with E-state index < -0.39 is 29.4 Å². The highest BCUT2D eigenvalue weighted by molar-refractivity contribution is 8.00. The average Bonchev–Trinajstić information content (AvgIpc) is 3.49. The molecule has 2 aromatic heterocycles. The quantitative estimate of drug-likeness (QED) is 0.186. The van der Waals surface area contributed by atoms with E-state index in [9.17, 15) is 27.2 Å². The van der Waals surface area contributed by atoms with E-state index in [2.05, 4.69) is 32.8 Å². The number of carbonyl (C=O) groups is 2. The van der Waals surface area contributed by atoms with Crippen LogP contribution in [-0.2, 0) is 4.74 Å². The second-order valence-corrected chi connectivity index (χ2v) is 11.8. The number of likely N-dealkylation sites (tertiary alicyclic amines) is 1. The molecule has 3 aromatic rings. The smallest absolute Gasteiger partial charge is 0.447 e. The number of anilines is 2. The second kappa shape index (κ2) is 13.1. The average molecular weight is 637 g/mol. The van der Waals surface area contributed by atoms with Crippen molar-refractivity contribution in [2.24, 2.45) is 0 Å². The van der Waals surface area contributed by atoms with Gasteiger partial charge in [-0.25, -0.2) is 14.2 Å². The first-order valence-electron chi connectivity index (χ1n) is 13.5. The number of benzene rings is 1. The Labute approximate surface area is 255 Å². The van der Waals surface area contributed by atoms with E-state index in [1.807, 2.05) is 0 Å². The molecule has 2 amide bonds. The fraction of sp³-hybridized carbons (Fsp3) is 0.414. The largest absolute Gasteiger partial charge is 0.495 e. The number of aromatic nitrogens is 2. The predicted molar refractivity (Wildman–Crippen MR) is 159 cm³/mol. The van der Waals surface area contributed by atoms with Gasteiger partial charge in [0.1, 0.15) is 28.2 Å². The summed E-state index contributed by atoms with van der Waals surface area (Å²) in [7, 11) is 2.95. The van der Waals surface area contributed by atoms with Crippen LogP contribution in [-0.4, -0.2) is 83.4 Å². The first-order valence-corrected chi connectivity index (χ1v) is 14.3. The summed E-state index contributed by atoms with van der Waals surface area (Å²) in [4.78, 5) is 29.9. The monoisotopic (exact) mass is 636 g/mol. The zero-order valence-corrected chi connectivity index (χ0v) is 25.5. The molecule has 4 rings (SSSR count). The maximum Gasteiger partial charge on any atom is 0.447 e. The Hall–Kier alpha value is -4.32. The Kier molecular flexibility index (Phi) is 9.72. The number of rotatable bonds is 7. The lowest BCUT2D eigenvalue weighted by Gasteiger charge is -2.24. The maximum absolute atomic E-state index is 15.0. The molecule has 1 fully saturated rings. The summed E-state index contributed by atoms with van der Waals surface area (Å²) in [5.74, 6) is 5.58. The Balaban J connectivity index is 1.57. The van der Waals surface area contributed by atoms with Gasteiger partial charge in [-0.05, 0) is 57.0 Å². The highest BCUT2D eigenvalue weighted by atomic mass is 32.2. The summed E-state index contributed by atoms with van der Waals surface area (Å²) in [6, 6.07) is 7.00. The number of fused-ring (bicyclic) bond motifs is 1. The fourth-order valence-electron chi connectivity index (χ4n) is 4.41. The molecule has 2 atom stereocenters. The molecule has 0 aliphatic carbocycles. The van der Waals surface area contributed by atoms with Crippen molar-refractivity contribution < 1.29 is 36.6 Å². The lowest BCUT2D eigenvalue weighted by molar-refractivity contribution is -0.0330. The van der Waals surface area contributed by atoms with Gasteiger partial charge < -0.3 is 30.3 Å². The van der Waals surface area contributed by atoms with Crippen molar-refractivity contribution in [3.05, 3.63) is 47.8 Å². The number of nitrogens with zero attached hydrogens (tertiary/aromatic N) is 3. The molecule has 0 saturated carbocycles. The number of halogens is 4. The van der Waals surface area contributed by atoms with Gasteiger partial charge >= 0.3 is 11.6 Å². The molecule has 15 heteroatoms. The van der Waals surface area contributed by atoms with E-state index in [0.717, 1.165) is 0 Å². The normalized spacial score (nSPS) is 16.7. The molecule has 3 heterocycles. The van der Waals surface area contributed by atoms with Crippen LogP contribution in [0, 0.1) is 11.8 Å². The molecule has 1 aliphatic rings. The van der Waals surface area contributed by atoms with Crippen molar-refractivity contribution in [1.29, 1.82) is 0 Å². The van der Waals surface area contributed by atoms with Crippen molar-refractivity contribution in [1.82, 2.24) is 19.6 Å². The molecule has 0 unspecified atom stereocenters. The van der Waals surface area contributed by atoms with E-state index >= 15 is 0 Å². The number of hydrogen-bond acceptors (Lipinski definition) is 8. The van der Waals surface area contributed by atoms with Crippen LogP contribution in [0.3, 0.4) is 0 Å². The summed E-state index contributed by atoms with van der Waals surface area (Å²) in [6.07, 6.45) is -0.689. The van der Waals surface area contributed by atoms with E-state index in [1.165, 1.54) is 35.7 Å². The van der Waals surface area contributed by atoms with Crippen LogP contribution in [0.25, 0.3) is 5.65 Å². The molecule has 1 aliphatic heterocycles. The minimum Gasteiger partial charge on any atom is -0.495 e. The van der Waals surface area contributed by atoms with Crippen molar-refractivity contribution in [3.63, 3.8) is 0 Å². The van der Waals surface area contributed by atoms with Gasteiger partial charge in [0.2, 0.25) is 0 Å². The number of carbonyl (C=O) groups excluding carboxylic acids is 2. The molecule has 1 aromatic carbocycles. The summed E-state index contributed by atoms with van der Waals surface area (Å²) in [6.45, 7) is 4.95. The van der Waals surface area contributed by atoms with Crippen LogP contribution in [0.15, 0.2) is 41.6 Å². The SMILES string of the molecule is CNC(=O)c1ccc(NCC#Cc2nc3c(N[C@@H]4CN(C(=O)OC(C)(C)C)C[C@@H]4F)cccn3c2SC(F)(F)F)c(OC)c1. The van der Waals surface area contributed by atoms with Crippen molar-refractivity contribution in [2.45, 2.75) is 49.1 Å². The third-order valence-corrected chi connectivity index (χ3v) is 7.14. The van der Waals surface area contributed by atoms with Crippen LogP contribution in [0.1, 0.15) is 36.8 Å². The van der Waals surface area contributed by atoms with Gasteiger partial charge in [-0.1, -0.05) is 5.92 Å². The van der Waals surface area contributed by atoms with Crippen LogP contribution in [0.4, 0.5) is 33.7 Å². The molecule has 3 N–H and O–H groups in total. The molecule has 1 saturated heterocycles. The van der Waals surface area contributed by atoms with Gasteiger partial charge in [0.05, 0.1) is 37.6 Å². The second-order valence-electron chi connectivity index (χ2n) is 10.7. The van der Waals surface area contributed by atoms with E-state index in [-0.39, 0.29) is 59.4 Å². The minimum absolute atomic E-state index is 0.00606. The summed E-state index contributed by atoms with van der Waals surface area (Å²) in [5, 5.41) is 8.29. The number of imidazole rings is 1. The molecular weight excluding hydrogens is 604 g/mol. The van der Waals surface area contributed by atoms with Gasteiger partial charge in [0.25, 0.3) is 5.91 Å². The Bertz CT molecular complexity index is 1590. The maximum atomic E-state index is 15.0. The number of alkyl halides is 4. The number of nitrogens with one attached hydrogen (secondary N) is 3. The Morgan fingerprint density at radius 1 is 1.16 bits per heavy atom. The lowest BCUT2D eigenvalue weighted by Crippen LogP contribution is -2.36. The number of methoxy groups -OCH3 is 1. The molecule has 236 valence electrons. The van der Waals surface area contributed by atoms with Crippen molar-refractivity contribution >= 4 is 40.8 Å². The number of amides is 2. The van der Waals surface area contributed by atoms with Crippen LogP contribution in [0.2, 0.25) is 0 Å². The van der Waals surface area contributed by atoms with Gasteiger partial charge in [-0.2, -0.15) is 13.2 Å². The van der Waals surface area contributed by atoms with Crippen LogP contribution < -0.4 is 20.7 Å². The number of pyridine rings is 1. The summed E-state index contributed by atoms with van der Waals surface area (Å²) in [5.41, 5.74) is -4.19. The van der Waals surface area contributed by atoms with Crippen molar-refractivity contribution in [2.75, 3.05) is 44.4 Å². The van der Waals surface area contributed by atoms with Crippen LogP contribution >= 0.6 is 11.8 Å². The number of thioether (sulfide) groups is 1. The third kappa shape index (κ3) is 7.98. The molecule has 10 nitrogen and oxygen atoms in total. The molecule has 0 radical (unpaired) electrons. The summed E-state index contributed by atoms with van der Waals surface area (Å²) < 4.78 is 67.5. The summed E-state index contributed by atoms with van der Waals surface area (Å²) >= 11 is -0.360. The first-order chi connectivity index (χ1) is 20.7. The van der Waals surface area contributed by atoms with Crippen molar-refractivity contribution in [3.8, 4) is 17.6 Å². The topological polar surface area (TPSA) is 109 Å². The first kappa shape index (κ1) is 32.6. The number of hydrogen-bond donors (Lipinski definition) is 3. The zero-order valence-electron chi connectivity index (χ0n) is 24.6. The molecular formula is C29H32F4N6O4S. The molecule has 0 spiro atoms. The van der Waals surface area contributed by atoms with Gasteiger partial charge in [-0.3, -0.25) is 9.20 Å². The Morgan fingerprint density at radius 3 is 2.57 bits per heavy atom. The van der Waals surface area contributed by atoms with E-state index in [4.69, 9.17) is 9.47 Å². The van der Waals surface area contributed by atoms with Gasteiger partial charge in [0, 0.05) is 37.1 Å². The van der Waals surface area contributed by atoms with E-state index in [1.54, 1.807) is 45.0 Å². The Morgan fingerprint density at radius 2 is 1.91 bits per heavy atom. The lowest BCUT2D eigenvalue weighted by atomic mass is 10.1. The van der Waals surface area contributed by atoms with E-state index in [0.29, 0.717) is 17.0 Å². The number of ether oxygens (including phenoxy) is 2. The fourth-order valence-corrected chi connectivity index (χ4v) is 5.07. The highest BCUT2D eigenvalue weighted by Gasteiger charge is 2.38. The molecule has 44 heavy (non-hydrogen) atoms. The minimum atomic E-state index is -4.63. The standard InChI is InChI=1S/C29H32F4N6O4S/c1-28(2,3)43-27(41)38-15-18(30)22(16-38)36-20-9-7-13-39-24(20)37-21(26(39)44-29(31,32)33)8-6-12-35-19-11-10-17(25(40)34-4)14-23(19)42-5/h7,9-11,13-14,18,22,35-36H,12,15-16H2,1-5H3,(H,34,40)/t18-,22+/m0/s1. The molecule has 0 bridgehead atoms. The highest BCUT2D eigenvalue weighted by Crippen LogP contribution is 2.39.